The maximum atomic E-state index is 9.60. The number of nitrogens with one attached hydrogen (secondary N) is 1. The fourth-order valence-corrected chi connectivity index (χ4v) is 1.42. The Hall–Kier alpha value is -2.16. The zero-order chi connectivity index (χ0) is 11.5. The molecule has 0 atom stereocenters. The molecule has 3 N–H and O–H groups in total. The number of hydrogen-bond acceptors (Lipinski definition) is 3. The molecule has 0 bridgehead atoms. The van der Waals surface area contributed by atoms with Crippen LogP contribution < -0.4 is 5.32 Å². The molecule has 16 heavy (non-hydrogen) atoms. The average molecular weight is 215 g/mol. The van der Waals surface area contributed by atoms with Crippen LogP contribution in [0.5, 0.6) is 11.5 Å². The Bertz CT molecular complexity index is 492. The van der Waals surface area contributed by atoms with Crippen molar-refractivity contribution in [1.82, 2.24) is 0 Å². The lowest BCUT2D eigenvalue weighted by molar-refractivity contribution is 0.405. The molecule has 0 amide bonds. The van der Waals surface area contributed by atoms with Gasteiger partial charge in [-0.1, -0.05) is 23.8 Å². The van der Waals surface area contributed by atoms with E-state index in [4.69, 9.17) is 0 Å². The number of aromatic hydroxyl groups is 2. The van der Waals surface area contributed by atoms with Gasteiger partial charge in [0.25, 0.3) is 0 Å². The Morgan fingerprint density at radius 1 is 0.938 bits per heavy atom. The number of rotatable bonds is 2. The van der Waals surface area contributed by atoms with Crippen LogP contribution in [0.25, 0.3) is 0 Å². The van der Waals surface area contributed by atoms with Gasteiger partial charge in [0.15, 0.2) is 11.5 Å². The van der Waals surface area contributed by atoms with Crippen molar-refractivity contribution in [2.24, 2.45) is 0 Å². The molecule has 2 aromatic carbocycles. The molecule has 2 aromatic rings. The van der Waals surface area contributed by atoms with Crippen LogP contribution in [0.15, 0.2) is 42.5 Å². The highest BCUT2D eigenvalue weighted by molar-refractivity contribution is 5.69. The Balaban J connectivity index is 2.27. The van der Waals surface area contributed by atoms with Gasteiger partial charge in [0, 0.05) is 5.69 Å². The Morgan fingerprint density at radius 2 is 1.62 bits per heavy atom. The van der Waals surface area contributed by atoms with E-state index in [2.05, 4.69) is 5.32 Å². The van der Waals surface area contributed by atoms with Gasteiger partial charge in [-0.05, 0) is 31.2 Å². The molecule has 0 saturated carbocycles. The zero-order valence-corrected chi connectivity index (χ0v) is 8.94. The predicted molar refractivity (Wildman–Crippen MR) is 64.2 cm³/mol. The second kappa shape index (κ2) is 4.14. The lowest BCUT2D eigenvalue weighted by atomic mass is 10.2. The summed E-state index contributed by atoms with van der Waals surface area (Å²) in [4.78, 5) is 0. The lowest BCUT2D eigenvalue weighted by Gasteiger charge is -2.09. The summed E-state index contributed by atoms with van der Waals surface area (Å²) in [6.07, 6.45) is 0. The largest absolute Gasteiger partial charge is 0.504 e. The average Bonchev–Trinajstić information content (AvgIpc) is 2.28. The number of hydrogen-bond donors (Lipinski definition) is 3. The van der Waals surface area contributed by atoms with E-state index in [0.717, 1.165) is 5.69 Å². The van der Waals surface area contributed by atoms with Crippen molar-refractivity contribution < 1.29 is 10.2 Å². The van der Waals surface area contributed by atoms with E-state index in [1.165, 1.54) is 11.6 Å². The fraction of sp³-hybridized carbons (Fsp3) is 0.0769. The van der Waals surface area contributed by atoms with Crippen molar-refractivity contribution in [1.29, 1.82) is 0 Å². The molecule has 0 heterocycles. The number of phenolic OH excluding ortho intramolecular Hbond substituents is 2. The van der Waals surface area contributed by atoms with Gasteiger partial charge in [0.1, 0.15) is 0 Å². The minimum atomic E-state index is -0.136. The van der Waals surface area contributed by atoms with Gasteiger partial charge in [0.05, 0.1) is 5.69 Å². The molecule has 82 valence electrons. The molecule has 0 aliphatic rings. The molecule has 3 nitrogen and oxygen atoms in total. The number of aryl methyl sites for hydroxylation is 1. The summed E-state index contributed by atoms with van der Waals surface area (Å²) >= 11 is 0. The summed E-state index contributed by atoms with van der Waals surface area (Å²) in [5.41, 5.74) is 2.53. The SMILES string of the molecule is Cc1ccc(Nc2cccc(O)c2O)cc1. The molecule has 0 saturated heterocycles. The zero-order valence-electron chi connectivity index (χ0n) is 8.94. The standard InChI is InChI=1S/C13H13NO2/c1-9-5-7-10(8-6-9)14-11-3-2-4-12(15)13(11)16/h2-8,14-16H,1H3. The maximum absolute atomic E-state index is 9.60. The Labute approximate surface area is 94.0 Å². The van der Waals surface area contributed by atoms with E-state index in [0.29, 0.717) is 5.69 Å². The van der Waals surface area contributed by atoms with Gasteiger partial charge in [-0.3, -0.25) is 0 Å². The molecule has 0 aliphatic carbocycles. The molecule has 0 unspecified atom stereocenters. The smallest absolute Gasteiger partial charge is 0.181 e. The summed E-state index contributed by atoms with van der Waals surface area (Å²) in [5, 5.41) is 22.0. The monoisotopic (exact) mass is 215 g/mol. The van der Waals surface area contributed by atoms with Gasteiger partial charge in [0.2, 0.25) is 0 Å². The highest BCUT2D eigenvalue weighted by atomic mass is 16.3. The van der Waals surface area contributed by atoms with Crippen LogP contribution in [0, 0.1) is 6.92 Å². The Kier molecular flexibility index (Phi) is 2.68. The van der Waals surface area contributed by atoms with Crippen LogP contribution in [0.1, 0.15) is 5.56 Å². The van der Waals surface area contributed by atoms with Crippen LogP contribution in [0.4, 0.5) is 11.4 Å². The van der Waals surface area contributed by atoms with Crippen molar-refractivity contribution in [3.63, 3.8) is 0 Å². The second-order valence-electron chi connectivity index (χ2n) is 3.66. The highest BCUT2D eigenvalue weighted by Gasteiger charge is 2.05. The molecule has 0 radical (unpaired) electrons. The van der Waals surface area contributed by atoms with Crippen molar-refractivity contribution in [3.8, 4) is 11.5 Å². The Morgan fingerprint density at radius 3 is 2.31 bits per heavy atom. The molecule has 0 fully saturated rings. The van der Waals surface area contributed by atoms with Gasteiger partial charge in [-0.25, -0.2) is 0 Å². The van der Waals surface area contributed by atoms with Crippen molar-refractivity contribution >= 4 is 11.4 Å². The first-order chi connectivity index (χ1) is 7.66. The van der Waals surface area contributed by atoms with Gasteiger partial charge in [-0.15, -0.1) is 0 Å². The van der Waals surface area contributed by atoms with Crippen molar-refractivity contribution in [3.05, 3.63) is 48.0 Å². The minimum Gasteiger partial charge on any atom is -0.504 e. The van der Waals surface area contributed by atoms with Crippen LogP contribution in [0.2, 0.25) is 0 Å². The topological polar surface area (TPSA) is 52.5 Å². The molecule has 0 spiro atoms. The van der Waals surface area contributed by atoms with E-state index in [1.54, 1.807) is 12.1 Å². The summed E-state index contributed by atoms with van der Waals surface area (Å²) < 4.78 is 0. The van der Waals surface area contributed by atoms with Gasteiger partial charge in [-0.2, -0.15) is 0 Å². The first-order valence-corrected chi connectivity index (χ1v) is 5.01. The fourth-order valence-electron chi connectivity index (χ4n) is 1.42. The number of anilines is 2. The van der Waals surface area contributed by atoms with E-state index < -0.39 is 0 Å². The second-order valence-corrected chi connectivity index (χ2v) is 3.66. The third-order valence-electron chi connectivity index (χ3n) is 2.35. The van der Waals surface area contributed by atoms with Gasteiger partial charge >= 0.3 is 0 Å². The van der Waals surface area contributed by atoms with Crippen LogP contribution in [-0.4, -0.2) is 10.2 Å². The molecular formula is C13H13NO2. The van der Waals surface area contributed by atoms with E-state index in [9.17, 15) is 10.2 Å². The predicted octanol–water partition coefficient (Wildman–Crippen LogP) is 3.15. The summed E-state index contributed by atoms with van der Waals surface area (Å²) in [7, 11) is 0. The normalized spacial score (nSPS) is 10.1. The number of para-hydroxylation sites is 1. The number of phenols is 2. The van der Waals surface area contributed by atoms with E-state index >= 15 is 0 Å². The quantitative estimate of drug-likeness (QED) is 0.674. The third kappa shape index (κ3) is 2.08. The first-order valence-electron chi connectivity index (χ1n) is 5.01. The van der Waals surface area contributed by atoms with E-state index in [1.807, 2.05) is 31.2 Å². The molecule has 3 heteroatoms. The highest BCUT2D eigenvalue weighted by Crippen LogP contribution is 2.34. The number of benzene rings is 2. The van der Waals surface area contributed by atoms with Crippen molar-refractivity contribution in [2.45, 2.75) is 6.92 Å². The van der Waals surface area contributed by atoms with Crippen LogP contribution in [0.3, 0.4) is 0 Å². The summed E-state index contributed by atoms with van der Waals surface area (Å²) in [5.74, 6) is -0.264. The molecule has 2 rings (SSSR count). The molecule has 0 aliphatic heterocycles. The maximum Gasteiger partial charge on any atom is 0.181 e. The van der Waals surface area contributed by atoms with Gasteiger partial charge < -0.3 is 15.5 Å². The van der Waals surface area contributed by atoms with E-state index in [-0.39, 0.29) is 11.5 Å². The van der Waals surface area contributed by atoms with Crippen LogP contribution >= 0.6 is 0 Å². The van der Waals surface area contributed by atoms with Crippen LogP contribution in [-0.2, 0) is 0 Å². The third-order valence-corrected chi connectivity index (χ3v) is 2.35. The molecular weight excluding hydrogens is 202 g/mol. The summed E-state index contributed by atoms with van der Waals surface area (Å²) in [6, 6.07) is 12.6. The minimum absolute atomic E-state index is 0.128. The first kappa shape index (κ1) is 10.4. The van der Waals surface area contributed by atoms with Crippen molar-refractivity contribution in [2.75, 3.05) is 5.32 Å². The molecule has 0 aromatic heterocycles. The lowest BCUT2D eigenvalue weighted by Crippen LogP contribution is -1.90. The summed E-state index contributed by atoms with van der Waals surface area (Å²) in [6.45, 7) is 2.01.